The first-order valence-corrected chi connectivity index (χ1v) is 15.6. The van der Waals surface area contributed by atoms with E-state index in [1.165, 1.54) is 23.5 Å². The highest BCUT2D eigenvalue weighted by atomic mass is 35.5. The molecule has 1 aliphatic carbocycles. The Labute approximate surface area is 247 Å². The van der Waals surface area contributed by atoms with Gasteiger partial charge in [0.05, 0.1) is 18.8 Å². The number of hydrogen-bond acceptors (Lipinski definition) is 13. The molecule has 216 valence electrons. The number of fused-ring (bicyclic) bond motifs is 1. The molecule has 0 spiro atoms. The van der Waals surface area contributed by atoms with Crippen molar-refractivity contribution in [2.75, 3.05) is 41.5 Å². The zero-order valence-electron chi connectivity index (χ0n) is 22.4. The number of ether oxygens (including phenoxy) is 4. The normalized spacial score (nSPS) is 23.6. The largest absolute Gasteiger partial charge is 0.474 e. The SMILES string of the molecule is CCCSc1nc(Cl)c(N)c(NC2CC(OCCOc3nc(SCCC)nc(Cl)c3N)C3OC(C)(C)OC23)n1. The molecule has 2 aliphatic rings. The summed E-state index contributed by atoms with van der Waals surface area (Å²) in [6.45, 7) is 8.44. The standard InChI is InChI=1S/C24H35Cl2N7O4S2/c1-5-9-38-22-30-18(25)14(27)20(32-22)29-12-11-13(17-16(12)36-24(3,4)37-17)34-7-8-35-21-15(28)19(26)31-23(33-21)39-10-6-2/h12-13,16-17H,5-11,27-28H2,1-4H3,(H,29,30,32). The van der Waals surface area contributed by atoms with Crippen molar-refractivity contribution < 1.29 is 18.9 Å². The number of rotatable bonds is 13. The number of nitrogens with two attached hydrogens (primary N) is 2. The molecule has 0 bridgehead atoms. The maximum Gasteiger partial charge on any atom is 0.243 e. The molecule has 11 nitrogen and oxygen atoms in total. The van der Waals surface area contributed by atoms with E-state index in [1.54, 1.807) is 0 Å². The van der Waals surface area contributed by atoms with Crippen molar-refractivity contribution in [1.82, 2.24) is 19.9 Å². The summed E-state index contributed by atoms with van der Waals surface area (Å²) >= 11 is 15.5. The number of hydrogen-bond donors (Lipinski definition) is 3. The molecule has 2 aromatic heterocycles. The van der Waals surface area contributed by atoms with Gasteiger partial charge in [-0.15, -0.1) is 0 Å². The Kier molecular flexibility index (Phi) is 10.5. The highest BCUT2D eigenvalue weighted by molar-refractivity contribution is 7.99. The highest BCUT2D eigenvalue weighted by Gasteiger charge is 2.54. The number of halogens is 2. The predicted molar refractivity (Wildman–Crippen MR) is 156 cm³/mol. The molecule has 0 radical (unpaired) electrons. The van der Waals surface area contributed by atoms with Crippen molar-refractivity contribution in [3.05, 3.63) is 10.3 Å². The smallest absolute Gasteiger partial charge is 0.243 e. The molecule has 2 fully saturated rings. The van der Waals surface area contributed by atoms with Gasteiger partial charge in [-0.1, -0.05) is 60.6 Å². The van der Waals surface area contributed by atoms with E-state index in [2.05, 4.69) is 39.1 Å². The Morgan fingerprint density at radius 2 is 1.54 bits per heavy atom. The molecule has 5 N–H and O–H groups in total. The summed E-state index contributed by atoms with van der Waals surface area (Å²) in [4.78, 5) is 17.5. The van der Waals surface area contributed by atoms with Crippen molar-refractivity contribution in [2.45, 2.75) is 87.4 Å². The molecule has 0 aromatic carbocycles. The summed E-state index contributed by atoms with van der Waals surface area (Å²) in [6.07, 6.45) is 1.75. The van der Waals surface area contributed by atoms with E-state index < -0.39 is 5.79 Å². The van der Waals surface area contributed by atoms with E-state index in [1.807, 2.05) is 13.8 Å². The van der Waals surface area contributed by atoms with Crippen LogP contribution in [0.5, 0.6) is 5.88 Å². The molecule has 4 rings (SSSR count). The summed E-state index contributed by atoms with van der Waals surface area (Å²) < 4.78 is 24.5. The van der Waals surface area contributed by atoms with Crippen LogP contribution in [0.1, 0.15) is 47.0 Å². The Bertz CT molecular complexity index is 1150. The first-order valence-electron chi connectivity index (χ1n) is 12.9. The summed E-state index contributed by atoms with van der Waals surface area (Å²) in [5, 5.41) is 4.91. The minimum atomic E-state index is -0.760. The van der Waals surface area contributed by atoms with Crippen LogP contribution in [0.3, 0.4) is 0 Å². The number of nitrogens with one attached hydrogen (secondary N) is 1. The fourth-order valence-corrected chi connectivity index (χ4v) is 6.13. The lowest BCUT2D eigenvalue weighted by molar-refractivity contribution is -0.167. The zero-order valence-corrected chi connectivity index (χ0v) is 25.6. The Morgan fingerprint density at radius 3 is 2.21 bits per heavy atom. The van der Waals surface area contributed by atoms with Gasteiger partial charge in [0, 0.05) is 11.5 Å². The molecule has 0 amide bonds. The molecule has 2 aromatic rings. The lowest BCUT2D eigenvalue weighted by Crippen LogP contribution is -2.35. The van der Waals surface area contributed by atoms with E-state index in [4.69, 9.17) is 53.6 Å². The lowest BCUT2D eigenvalue weighted by atomic mass is 10.2. The van der Waals surface area contributed by atoms with Crippen LogP contribution >= 0.6 is 46.7 Å². The molecular weight excluding hydrogens is 585 g/mol. The first kappa shape index (κ1) is 30.5. The molecule has 15 heteroatoms. The lowest BCUT2D eigenvalue weighted by Gasteiger charge is -2.25. The fourth-order valence-electron chi connectivity index (χ4n) is 4.31. The van der Waals surface area contributed by atoms with Crippen LogP contribution < -0.4 is 21.5 Å². The summed E-state index contributed by atoms with van der Waals surface area (Å²) in [7, 11) is 0. The second-order valence-corrected chi connectivity index (χ2v) is 12.4. The number of nitrogen functional groups attached to an aromatic ring is 2. The van der Waals surface area contributed by atoms with Crippen molar-refractivity contribution in [3.63, 3.8) is 0 Å². The summed E-state index contributed by atoms with van der Waals surface area (Å²) in [6, 6.07) is -0.172. The second-order valence-electron chi connectivity index (χ2n) is 9.58. The second kappa shape index (κ2) is 13.5. The molecule has 1 saturated heterocycles. The average Bonchev–Trinajstić information content (AvgIpc) is 3.37. The van der Waals surface area contributed by atoms with Crippen molar-refractivity contribution in [2.24, 2.45) is 0 Å². The van der Waals surface area contributed by atoms with Crippen LogP contribution in [0, 0.1) is 0 Å². The Balaban J connectivity index is 1.40. The molecule has 1 aliphatic heterocycles. The van der Waals surface area contributed by atoms with E-state index >= 15 is 0 Å². The fraction of sp³-hybridized carbons (Fsp3) is 0.667. The molecule has 39 heavy (non-hydrogen) atoms. The van der Waals surface area contributed by atoms with Gasteiger partial charge in [0.25, 0.3) is 0 Å². The summed E-state index contributed by atoms with van der Waals surface area (Å²) in [5.74, 6) is 1.71. The summed E-state index contributed by atoms with van der Waals surface area (Å²) in [5.41, 5.74) is 12.7. The molecule has 4 atom stereocenters. The quantitative estimate of drug-likeness (QED) is 0.120. The van der Waals surface area contributed by atoms with Gasteiger partial charge in [0.1, 0.15) is 30.2 Å². The van der Waals surface area contributed by atoms with Crippen LogP contribution in [0.4, 0.5) is 17.2 Å². The van der Waals surface area contributed by atoms with E-state index in [0.717, 1.165) is 24.3 Å². The first-order chi connectivity index (χ1) is 18.6. The number of nitrogens with zero attached hydrogens (tertiary/aromatic N) is 4. The van der Waals surface area contributed by atoms with Gasteiger partial charge in [0.2, 0.25) is 5.88 Å². The number of thioether (sulfide) groups is 2. The van der Waals surface area contributed by atoms with Gasteiger partial charge in [-0.05, 0) is 33.1 Å². The zero-order chi connectivity index (χ0) is 28.2. The Morgan fingerprint density at radius 1 is 0.923 bits per heavy atom. The highest BCUT2D eigenvalue weighted by Crippen LogP contribution is 2.41. The third-order valence-corrected chi connectivity index (χ3v) is 8.66. The van der Waals surface area contributed by atoms with Crippen LogP contribution in [0.15, 0.2) is 10.3 Å². The van der Waals surface area contributed by atoms with Crippen LogP contribution in [-0.4, -0.2) is 74.8 Å². The third-order valence-electron chi connectivity index (χ3n) is 5.98. The molecular formula is C24H35Cl2N7O4S2. The van der Waals surface area contributed by atoms with Crippen molar-refractivity contribution in [1.29, 1.82) is 0 Å². The molecule has 3 heterocycles. The van der Waals surface area contributed by atoms with Gasteiger partial charge in [-0.3, -0.25) is 0 Å². The van der Waals surface area contributed by atoms with Gasteiger partial charge < -0.3 is 35.7 Å². The van der Waals surface area contributed by atoms with Gasteiger partial charge in [0.15, 0.2) is 32.2 Å². The van der Waals surface area contributed by atoms with Crippen LogP contribution in [0.2, 0.25) is 10.3 Å². The Hall–Kier alpha value is -1.48. The molecule has 4 unspecified atom stereocenters. The van der Waals surface area contributed by atoms with E-state index in [9.17, 15) is 0 Å². The van der Waals surface area contributed by atoms with Crippen LogP contribution in [-0.2, 0) is 14.2 Å². The minimum Gasteiger partial charge on any atom is -0.474 e. The van der Waals surface area contributed by atoms with E-state index in [-0.39, 0.29) is 59.4 Å². The number of aromatic nitrogens is 4. The maximum atomic E-state index is 6.31. The topological polar surface area (TPSA) is 153 Å². The monoisotopic (exact) mass is 619 g/mol. The van der Waals surface area contributed by atoms with Gasteiger partial charge in [-0.25, -0.2) is 15.0 Å². The predicted octanol–water partition coefficient (Wildman–Crippen LogP) is 4.91. The van der Waals surface area contributed by atoms with E-state index in [0.29, 0.717) is 28.2 Å². The van der Waals surface area contributed by atoms with Crippen molar-refractivity contribution >= 4 is 63.9 Å². The molecule has 1 saturated carbocycles. The van der Waals surface area contributed by atoms with Gasteiger partial charge in [-0.2, -0.15) is 4.98 Å². The van der Waals surface area contributed by atoms with Crippen molar-refractivity contribution in [3.8, 4) is 5.88 Å². The number of anilines is 3. The van der Waals surface area contributed by atoms with Gasteiger partial charge >= 0.3 is 0 Å². The third kappa shape index (κ3) is 7.63. The van der Waals surface area contributed by atoms with Crippen LogP contribution in [0.25, 0.3) is 0 Å². The minimum absolute atomic E-state index is 0.172. The average molecular weight is 621 g/mol. The maximum absolute atomic E-state index is 6.31.